The molecule has 0 aliphatic rings. The highest BCUT2D eigenvalue weighted by Gasteiger charge is 2.28. The van der Waals surface area contributed by atoms with Gasteiger partial charge in [-0.25, -0.2) is 9.36 Å². The molecule has 0 aliphatic carbocycles. The van der Waals surface area contributed by atoms with E-state index in [4.69, 9.17) is 13.8 Å². The zero-order valence-corrected chi connectivity index (χ0v) is 41.0. The molecule has 0 spiro atoms. The maximum absolute atomic E-state index is 12.4. The number of phosphoric acid groups is 1. The Labute approximate surface area is 389 Å². The molecular formula is C52H90NO10P. The lowest BCUT2D eigenvalue weighted by Crippen LogP contribution is -2.43. The lowest BCUT2D eigenvalue weighted by atomic mass is 10.1. The van der Waals surface area contributed by atoms with Crippen molar-refractivity contribution in [2.75, 3.05) is 19.8 Å². The first-order valence-electron chi connectivity index (χ1n) is 25.0. The number of hydrogen-bond acceptors (Lipinski definition) is 8. The number of hydrogen-bond donors (Lipinski definition) is 4. The van der Waals surface area contributed by atoms with Crippen molar-refractivity contribution in [2.45, 2.75) is 219 Å². The van der Waals surface area contributed by atoms with Crippen molar-refractivity contribution >= 4 is 25.7 Å². The van der Waals surface area contributed by atoms with Gasteiger partial charge in [-0.05, 0) is 83.5 Å². The van der Waals surface area contributed by atoms with Gasteiger partial charge in [0.25, 0.3) is 0 Å². The Morgan fingerprint density at radius 2 is 0.906 bits per heavy atom. The van der Waals surface area contributed by atoms with E-state index in [0.717, 1.165) is 83.5 Å². The second-order valence-electron chi connectivity index (χ2n) is 16.6. The van der Waals surface area contributed by atoms with Gasteiger partial charge in [-0.15, -0.1) is 0 Å². The summed E-state index contributed by atoms with van der Waals surface area (Å²) in [6.07, 6.45) is 56.3. The fraction of sp³-hybridized carbons (Fsp3) is 0.712. The van der Waals surface area contributed by atoms with Gasteiger partial charge in [0.1, 0.15) is 12.7 Å². The number of unbranched alkanes of at least 4 members (excludes halogenated alkanes) is 20. The molecule has 11 nitrogen and oxygen atoms in total. The molecule has 368 valence electrons. The maximum Gasteiger partial charge on any atom is 0.472 e. The van der Waals surface area contributed by atoms with Crippen LogP contribution in [0.5, 0.6) is 0 Å². The standard InChI is InChI=1S/C52H90NO10P/c1-3-5-7-9-11-13-15-17-19-21-23-24-26-27-29-31-33-35-37-39-41-43-50(55)53-49(52(57)58)47-63-64(59,60)62-46-48(54)45-61-51(56)44-42-40-38-36-34-32-30-28-25-22-20-18-16-14-12-10-8-6-4-2/h5,7,11,13,17-20,23-24,27,29,48-49,54H,3-4,6,8-10,12,14-16,21-22,25-26,28,30-47H2,1-2H3,(H,53,55)(H,57,58)(H,59,60)/b7-5-,13-11-,19-17-,20-18+,24-23-,29-27-. The molecule has 4 N–H and O–H groups in total. The number of carboxylic acid groups (broad SMARTS) is 1. The van der Waals surface area contributed by atoms with E-state index in [9.17, 15) is 34.1 Å². The second kappa shape index (κ2) is 46.4. The molecular weight excluding hydrogens is 830 g/mol. The predicted molar refractivity (Wildman–Crippen MR) is 263 cm³/mol. The van der Waals surface area contributed by atoms with E-state index in [1.54, 1.807) is 0 Å². The van der Waals surface area contributed by atoms with Gasteiger partial charge in [0.05, 0.1) is 13.2 Å². The minimum absolute atomic E-state index is 0.120. The molecule has 0 aromatic carbocycles. The van der Waals surface area contributed by atoms with Gasteiger partial charge in [0.2, 0.25) is 5.91 Å². The van der Waals surface area contributed by atoms with Crippen LogP contribution in [0.15, 0.2) is 72.9 Å². The first kappa shape index (κ1) is 60.9. The van der Waals surface area contributed by atoms with Crippen molar-refractivity contribution in [3.8, 4) is 0 Å². The molecule has 0 bridgehead atoms. The average molecular weight is 920 g/mol. The number of aliphatic hydroxyl groups excluding tert-OH is 1. The zero-order valence-electron chi connectivity index (χ0n) is 40.1. The number of ether oxygens (including phenoxy) is 1. The van der Waals surface area contributed by atoms with Crippen LogP contribution in [0, 0.1) is 0 Å². The number of carboxylic acids is 1. The van der Waals surface area contributed by atoms with Crippen molar-refractivity contribution in [3.05, 3.63) is 72.9 Å². The van der Waals surface area contributed by atoms with Crippen LogP contribution < -0.4 is 5.32 Å². The number of phosphoric ester groups is 1. The quantitative estimate of drug-likeness (QED) is 0.0200. The highest BCUT2D eigenvalue weighted by molar-refractivity contribution is 7.47. The molecule has 0 aromatic heterocycles. The van der Waals surface area contributed by atoms with Crippen LogP contribution in [-0.2, 0) is 32.7 Å². The van der Waals surface area contributed by atoms with E-state index < -0.39 is 57.6 Å². The minimum Gasteiger partial charge on any atom is -0.480 e. The topological polar surface area (TPSA) is 169 Å². The van der Waals surface area contributed by atoms with Crippen LogP contribution in [0.1, 0.15) is 206 Å². The number of aliphatic hydroxyl groups is 1. The van der Waals surface area contributed by atoms with E-state index in [-0.39, 0.29) is 12.8 Å². The molecule has 64 heavy (non-hydrogen) atoms. The molecule has 0 aromatic rings. The van der Waals surface area contributed by atoms with Crippen LogP contribution in [0.25, 0.3) is 0 Å². The van der Waals surface area contributed by atoms with Crippen molar-refractivity contribution < 1.29 is 47.8 Å². The normalized spacial score (nSPS) is 14.2. The molecule has 0 saturated carbocycles. The summed E-state index contributed by atoms with van der Waals surface area (Å²) in [7, 11) is -4.77. The molecule has 3 atom stereocenters. The van der Waals surface area contributed by atoms with Gasteiger partial charge < -0.3 is 25.2 Å². The van der Waals surface area contributed by atoms with E-state index in [1.807, 2.05) is 0 Å². The van der Waals surface area contributed by atoms with Crippen molar-refractivity contribution in [2.24, 2.45) is 0 Å². The van der Waals surface area contributed by atoms with Crippen LogP contribution in [0.3, 0.4) is 0 Å². The third-order valence-corrected chi connectivity index (χ3v) is 11.4. The number of esters is 1. The SMILES string of the molecule is CC/C=C\C/C=C\C/C=C\C/C=C\C/C=C\CCCCCCCC(=O)NC(COP(=O)(O)OCC(O)COC(=O)CCCCCCCCCCC/C=C/CCCCCCCC)C(=O)O. The Kier molecular flexibility index (Phi) is 44.2. The zero-order chi connectivity index (χ0) is 47.0. The van der Waals surface area contributed by atoms with Gasteiger partial charge in [0, 0.05) is 12.8 Å². The monoisotopic (exact) mass is 920 g/mol. The summed E-state index contributed by atoms with van der Waals surface area (Å²) in [5.74, 6) is -2.40. The number of rotatable bonds is 46. The largest absolute Gasteiger partial charge is 0.480 e. The summed E-state index contributed by atoms with van der Waals surface area (Å²) in [4.78, 5) is 46.1. The first-order chi connectivity index (χ1) is 31.1. The highest BCUT2D eigenvalue weighted by Crippen LogP contribution is 2.43. The number of amides is 1. The Bertz CT molecular complexity index is 1360. The molecule has 0 rings (SSSR count). The Hall–Kier alpha value is -3.08. The molecule has 0 aliphatic heterocycles. The van der Waals surface area contributed by atoms with Gasteiger partial charge in [-0.2, -0.15) is 0 Å². The molecule has 0 fully saturated rings. The lowest BCUT2D eigenvalue weighted by molar-refractivity contribution is -0.147. The number of nitrogens with one attached hydrogen (secondary N) is 1. The average Bonchev–Trinajstić information content (AvgIpc) is 3.27. The third-order valence-electron chi connectivity index (χ3n) is 10.5. The van der Waals surface area contributed by atoms with Gasteiger partial charge in [-0.3, -0.25) is 18.6 Å². The van der Waals surface area contributed by atoms with Gasteiger partial charge in [0.15, 0.2) is 6.04 Å². The van der Waals surface area contributed by atoms with E-state index in [2.05, 4.69) is 92.1 Å². The Morgan fingerprint density at radius 1 is 0.516 bits per heavy atom. The van der Waals surface area contributed by atoms with E-state index in [0.29, 0.717) is 12.8 Å². The van der Waals surface area contributed by atoms with Crippen LogP contribution >= 0.6 is 7.82 Å². The van der Waals surface area contributed by atoms with Gasteiger partial charge in [-0.1, -0.05) is 183 Å². The molecule has 12 heteroatoms. The summed E-state index contributed by atoms with van der Waals surface area (Å²) in [5.41, 5.74) is 0. The number of allylic oxidation sites excluding steroid dienone is 12. The summed E-state index contributed by atoms with van der Waals surface area (Å²) in [5, 5.41) is 21.9. The van der Waals surface area contributed by atoms with Crippen LogP contribution in [0.2, 0.25) is 0 Å². The van der Waals surface area contributed by atoms with E-state index in [1.165, 1.54) is 83.5 Å². The number of carbonyl (C=O) groups excluding carboxylic acids is 2. The summed E-state index contributed by atoms with van der Waals surface area (Å²) in [6, 6.07) is -1.56. The fourth-order valence-electron chi connectivity index (χ4n) is 6.63. The molecule has 3 unspecified atom stereocenters. The lowest BCUT2D eigenvalue weighted by Gasteiger charge is -2.18. The maximum atomic E-state index is 12.4. The molecule has 0 radical (unpaired) electrons. The summed E-state index contributed by atoms with van der Waals surface area (Å²) >= 11 is 0. The van der Waals surface area contributed by atoms with Crippen molar-refractivity contribution in [1.29, 1.82) is 0 Å². The molecule has 0 saturated heterocycles. The number of aliphatic carboxylic acids is 1. The van der Waals surface area contributed by atoms with Crippen molar-refractivity contribution in [1.82, 2.24) is 5.32 Å². The summed E-state index contributed by atoms with van der Waals surface area (Å²) in [6.45, 7) is 2.47. The van der Waals surface area contributed by atoms with Crippen molar-refractivity contribution in [3.63, 3.8) is 0 Å². The molecule has 0 heterocycles. The van der Waals surface area contributed by atoms with Gasteiger partial charge >= 0.3 is 19.8 Å². The summed E-state index contributed by atoms with van der Waals surface area (Å²) < 4.78 is 26.9. The fourth-order valence-corrected chi connectivity index (χ4v) is 7.40. The second-order valence-corrected chi connectivity index (χ2v) is 18.1. The van der Waals surface area contributed by atoms with Crippen LogP contribution in [0.4, 0.5) is 0 Å². The first-order valence-corrected chi connectivity index (χ1v) is 26.5. The van der Waals surface area contributed by atoms with E-state index >= 15 is 0 Å². The smallest absolute Gasteiger partial charge is 0.472 e. The minimum atomic E-state index is -4.77. The highest BCUT2D eigenvalue weighted by atomic mass is 31.2. The Morgan fingerprint density at radius 3 is 1.38 bits per heavy atom. The molecule has 1 amide bonds. The Balaban J connectivity index is 3.89. The van der Waals surface area contributed by atoms with Crippen LogP contribution in [-0.4, -0.2) is 64.9 Å². The predicted octanol–water partition coefficient (Wildman–Crippen LogP) is 13.7. The number of carbonyl (C=O) groups is 3. The third kappa shape index (κ3) is 45.5.